The minimum atomic E-state index is 0.796. The van der Waals surface area contributed by atoms with Crippen LogP contribution in [0.15, 0.2) is 22.7 Å². The molecule has 2 aliphatic rings. The molecular weight excluding hydrogens is 312 g/mol. The third kappa shape index (κ3) is 2.74. The van der Waals surface area contributed by atoms with Crippen LogP contribution in [0.25, 0.3) is 0 Å². The van der Waals surface area contributed by atoms with E-state index >= 15 is 0 Å². The van der Waals surface area contributed by atoms with E-state index in [0.29, 0.717) is 0 Å². The fourth-order valence-electron chi connectivity index (χ4n) is 3.14. The maximum Gasteiger partial charge on any atom is 0.0417 e. The van der Waals surface area contributed by atoms with Crippen molar-refractivity contribution in [2.45, 2.75) is 13.0 Å². The molecule has 3 rings (SSSR count). The van der Waals surface area contributed by atoms with Crippen LogP contribution in [0.5, 0.6) is 0 Å². The molecule has 2 unspecified atom stereocenters. The Kier molecular flexibility index (Phi) is 3.94. The smallest absolute Gasteiger partial charge is 0.0417 e. The molecule has 0 spiro atoms. The zero-order chi connectivity index (χ0) is 12.5. The number of nitrogens with zero attached hydrogens (tertiary/aromatic N) is 1. The first-order chi connectivity index (χ1) is 8.72. The van der Waals surface area contributed by atoms with Crippen molar-refractivity contribution >= 4 is 27.5 Å². The highest BCUT2D eigenvalue weighted by molar-refractivity contribution is 9.10. The van der Waals surface area contributed by atoms with Crippen LogP contribution in [0.3, 0.4) is 0 Å². The summed E-state index contributed by atoms with van der Waals surface area (Å²) in [6.07, 6.45) is 1.34. The molecule has 0 saturated carbocycles. The normalized spacial score (nSPS) is 28.3. The molecule has 98 valence electrons. The molecule has 0 aliphatic carbocycles. The van der Waals surface area contributed by atoms with E-state index in [-0.39, 0.29) is 0 Å². The fourth-order valence-corrected chi connectivity index (χ4v) is 3.95. The van der Waals surface area contributed by atoms with E-state index in [1.807, 2.05) is 12.1 Å². The molecule has 1 aromatic carbocycles. The Labute approximate surface area is 122 Å². The first-order valence-corrected chi connectivity index (χ1v) is 7.76. The van der Waals surface area contributed by atoms with Gasteiger partial charge in [-0.05, 0) is 55.6 Å². The monoisotopic (exact) mass is 328 g/mol. The van der Waals surface area contributed by atoms with Crippen molar-refractivity contribution in [3.05, 3.63) is 33.3 Å². The highest BCUT2D eigenvalue weighted by Crippen LogP contribution is 2.29. The average Bonchev–Trinajstić information content (AvgIpc) is 2.80. The van der Waals surface area contributed by atoms with E-state index in [1.54, 1.807) is 0 Å². The third-order valence-electron chi connectivity index (χ3n) is 4.20. The molecule has 0 radical (unpaired) electrons. The van der Waals surface area contributed by atoms with Gasteiger partial charge in [-0.15, -0.1) is 0 Å². The molecule has 0 bridgehead atoms. The minimum Gasteiger partial charge on any atom is -0.316 e. The number of halogens is 2. The lowest BCUT2D eigenvalue weighted by atomic mass is 9.88. The largest absolute Gasteiger partial charge is 0.316 e. The molecule has 2 aliphatic heterocycles. The van der Waals surface area contributed by atoms with E-state index in [0.717, 1.165) is 27.9 Å². The fraction of sp³-hybridized carbons (Fsp3) is 0.571. The van der Waals surface area contributed by atoms with Crippen molar-refractivity contribution in [2.75, 3.05) is 26.2 Å². The Bertz CT molecular complexity index is 438. The Morgan fingerprint density at radius 1 is 1.33 bits per heavy atom. The molecule has 2 saturated heterocycles. The number of benzene rings is 1. The van der Waals surface area contributed by atoms with Crippen LogP contribution in [-0.4, -0.2) is 31.1 Å². The SMILES string of the molecule is Clc1ccc(CN2CCC3CNCC3C2)c(Br)c1. The van der Waals surface area contributed by atoms with Crippen molar-refractivity contribution in [3.63, 3.8) is 0 Å². The highest BCUT2D eigenvalue weighted by atomic mass is 79.9. The second-order valence-electron chi connectivity index (χ2n) is 5.44. The van der Waals surface area contributed by atoms with Gasteiger partial charge in [-0.25, -0.2) is 0 Å². The summed E-state index contributed by atoms with van der Waals surface area (Å²) in [6.45, 7) is 5.90. The van der Waals surface area contributed by atoms with E-state index in [1.165, 1.54) is 38.2 Å². The van der Waals surface area contributed by atoms with E-state index < -0.39 is 0 Å². The zero-order valence-corrected chi connectivity index (χ0v) is 12.7. The molecule has 1 N–H and O–H groups in total. The van der Waals surface area contributed by atoms with Gasteiger partial charge in [0, 0.05) is 22.6 Å². The Morgan fingerprint density at radius 2 is 2.17 bits per heavy atom. The predicted octanol–water partition coefficient (Wildman–Crippen LogP) is 3.14. The third-order valence-corrected chi connectivity index (χ3v) is 5.17. The van der Waals surface area contributed by atoms with Gasteiger partial charge in [0.1, 0.15) is 0 Å². The van der Waals surface area contributed by atoms with E-state index in [4.69, 9.17) is 11.6 Å². The van der Waals surface area contributed by atoms with Crippen molar-refractivity contribution in [1.82, 2.24) is 10.2 Å². The van der Waals surface area contributed by atoms with Crippen LogP contribution in [0.4, 0.5) is 0 Å². The van der Waals surface area contributed by atoms with Gasteiger partial charge in [-0.1, -0.05) is 33.6 Å². The quantitative estimate of drug-likeness (QED) is 0.897. The van der Waals surface area contributed by atoms with Gasteiger partial charge in [-0.2, -0.15) is 0 Å². The minimum absolute atomic E-state index is 0.796. The summed E-state index contributed by atoms with van der Waals surface area (Å²) in [5, 5.41) is 4.31. The number of piperidine rings is 1. The van der Waals surface area contributed by atoms with Gasteiger partial charge in [0.2, 0.25) is 0 Å². The Hall–Kier alpha value is -0.0900. The Balaban J connectivity index is 1.66. The summed E-state index contributed by atoms with van der Waals surface area (Å²) in [7, 11) is 0. The van der Waals surface area contributed by atoms with Gasteiger partial charge in [0.05, 0.1) is 0 Å². The number of likely N-dealkylation sites (tertiary alicyclic amines) is 1. The maximum absolute atomic E-state index is 5.98. The first kappa shape index (κ1) is 12.9. The summed E-state index contributed by atoms with van der Waals surface area (Å²) in [5.74, 6) is 1.76. The highest BCUT2D eigenvalue weighted by Gasteiger charge is 2.32. The number of fused-ring (bicyclic) bond motifs is 1. The summed E-state index contributed by atoms with van der Waals surface area (Å²) in [4.78, 5) is 2.57. The lowest BCUT2D eigenvalue weighted by molar-refractivity contribution is 0.142. The van der Waals surface area contributed by atoms with E-state index in [2.05, 4.69) is 32.2 Å². The first-order valence-electron chi connectivity index (χ1n) is 6.59. The van der Waals surface area contributed by atoms with Crippen molar-refractivity contribution < 1.29 is 0 Å². The van der Waals surface area contributed by atoms with Gasteiger partial charge in [0.25, 0.3) is 0 Å². The molecule has 1 aromatic rings. The van der Waals surface area contributed by atoms with Crippen LogP contribution in [0, 0.1) is 11.8 Å². The lowest BCUT2D eigenvalue weighted by Crippen LogP contribution is -2.39. The molecule has 2 atom stereocenters. The van der Waals surface area contributed by atoms with Gasteiger partial charge < -0.3 is 5.32 Å². The molecule has 2 heterocycles. The molecule has 0 amide bonds. The molecule has 18 heavy (non-hydrogen) atoms. The average molecular weight is 330 g/mol. The standard InChI is InChI=1S/C14H18BrClN2/c15-14-5-13(16)2-1-11(14)8-18-4-3-10-6-17-7-12(10)9-18/h1-2,5,10,12,17H,3-4,6-9H2. The number of nitrogens with one attached hydrogen (secondary N) is 1. The van der Waals surface area contributed by atoms with Crippen molar-refractivity contribution in [3.8, 4) is 0 Å². The van der Waals surface area contributed by atoms with Gasteiger partial charge >= 0.3 is 0 Å². The van der Waals surface area contributed by atoms with Crippen LogP contribution in [0.1, 0.15) is 12.0 Å². The molecular formula is C14H18BrClN2. The van der Waals surface area contributed by atoms with Crippen molar-refractivity contribution in [1.29, 1.82) is 0 Å². The summed E-state index contributed by atoms with van der Waals surface area (Å²) < 4.78 is 1.13. The molecule has 0 aromatic heterocycles. The van der Waals surface area contributed by atoms with Gasteiger partial charge in [0.15, 0.2) is 0 Å². The lowest BCUT2D eigenvalue weighted by Gasteiger charge is -2.34. The zero-order valence-electron chi connectivity index (χ0n) is 10.3. The molecule has 2 fully saturated rings. The Morgan fingerprint density at radius 3 is 3.00 bits per heavy atom. The summed E-state index contributed by atoms with van der Waals surface area (Å²) >= 11 is 9.59. The second kappa shape index (κ2) is 5.49. The maximum atomic E-state index is 5.98. The second-order valence-corrected chi connectivity index (χ2v) is 6.73. The van der Waals surface area contributed by atoms with Gasteiger partial charge in [-0.3, -0.25) is 4.90 Å². The summed E-state index contributed by atoms with van der Waals surface area (Å²) in [5.41, 5.74) is 1.34. The summed E-state index contributed by atoms with van der Waals surface area (Å²) in [6, 6.07) is 6.09. The predicted molar refractivity (Wildman–Crippen MR) is 78.9 cm³/mol. The molecule has 4 heteroatoms. The van der Waals surface area contributed by atoms with Crippen molar-refractivity contribution in [2.24, 2.45) is 11.8 Å². The number of rotatable bonds is 2. The topological polar surface area (TPSA) is 15.3 Å². The van der Waals surface area contributed by atoms with E-state index in [9.17, 15) is 0 Å². The van der Waals surface area contributed by atoms with Crippen LogP contribution < -0.4 is 5.32 Å². The molecule has 2 nitrogen and oxygen atoms in total. The van der Waals surface area contributed by atoms with Crippen LogP contribution in [0.2, 0.25) is 5.02 Å². The van der Waals surface area contributed by atoms with Crippen LogP contribution in [-0.2, 0) is 6.54 Å². The van der Waals surface area contributed by atoms with Crippen LogP contribution >= 0.6 is 27.5 Å². The number of hydrogen-bond acceptors (Lipinski definition) is 2. The number of hydrogen-bond donors (Lipinski definition) is 1.